The Morgan fingerprint density at radius 2 is 1.94 bits per heavy atom. The number of hydrogen-bond donors (Lipinski definition) is 0. The first-order chi connectivity index (χ1) is 8.77. The summed E-state index contributed by atoms with van der Waals surface area (Å²) in [6.45, 7) is 5.88. The summed E-state index contributed by atoms with van der Waals surface area (Å²) >= 11 is 0. The third kappa shape index (κ3) is 5.27. The fourth-order valence-corrected chi connectivity index (χ4v) is 1.43. The van der Waals surface area contributed by atoms with Gasteiger partial charge in [0.25, 0.3) is 0 Å². The van der Waals surface area contributed by atoms with E-state index in [-0.39, 0.29) is 5.78 Å². The van der Waals surface area contributed by atoms with Crippen LogP contribution in [-0.4, -0.2) is 30.6 Å². The first kappa shape index (κ1) is 14.6. The first-order valence-corrected chi connectivity index (χ1v) is 6.46. The number of rotatable bonds is 9. The Hall–Kier alpha value is -1.42. The predicted octanol–water partition coefficient (Wildman–Crippen LogP) is 2.87. The molecule has 0 unspecified atom stereocenters. The van der Waals surface area contributed by atoms with Crippen molar-refractivity contribution in [1.82, 2.24) is 4.98 Å². The fourth-order valence-electron chi connectivity index (χ4n) is 1.43. The summed E-state index contributed by atoms with van der Waals surface area (Å²) in [5, 5.41) is 0. The second-order valence-corrected chi connectivity index (χ2v) is 4.04. The molecular formula is C14H21NO3. The second-order valence-electron chi connectivity index (χ2n) is 4.04. The van der Waals surface area contributed by atoms with E-state index in [4.69, 9.17) is 9.47 Å². The lowest BCUT2D eigenvalue weighted by molar-refractivity contribution is 0.0878. The average molecular weight is 251 g/mol. The highest BCUT2D eigenvalue weighted by atomic mass is 16.5. The lowest BCUT2D eigenvalue weighted by Crippen LogP contribution is -2.06. The summed E-state index contributed by atoms with van der Waals surface area (Å²) in [6.07, 6.45) is 5.49. The summed E-state index contributed by atoms with van der Waals surface area (Å²) < 4.78 is 10.7. The number of ether oxygens (including phenoxy) is 2. The van der Waals surface area contributed by atoms with E-state index in [1.807, 2.05) is 13.8 Å². The molecule has 0 aliphatic rings. The molecule has 0 N–H and O–H groups in total. The zero-order valence-electron chi connectivity index (χ0n) is 11.1. The highest BCUT2D eigenvalue weighted by molar-refractivity contribution is 5.96. The summed E-state index contributed by atoms with van der Waals surface area (Å²) in [6, 6.07) is 1.74. The van der Waals surface area contributed by atoms with Gasteiger partial charge in [0.2, 0.25) is 0 Å². The molecule has 1 heterocycles. The van der Waals surface area contributed by atoms with E-state index in [0.29, 0.717) is 37.6 Å². The second kappa shape index (κ2) is 8.64. The maximum Gasteiger partial charge on any atom is 0.166 e. The molecule has 0 aliphatic carbocycles. The number of carbonyl (C=O) groups is 1. The summed E-state index contributed by atoms with van der Waals surface area (Å²) in [5.74, 6) is 0.692. The number of Topliss-reactive ketones (excluding diaryl/α,β-unsaturated/α-hetero) is 1. The third-order valence-corrected chi connectivity index (χ3v) is 2.33. The van der Waals surface area contributed by atoms with Gasteiger partial charge < -0.3 is 9.47 Å². The Kier molecular flexibility index (Phi) is 7.03. The van der Waals surface area contributed by atoms with Crippen molar-refractivity contribution >= 4 is 5.78 Å². The summed E-state index contributed by atoms with van der Waals surface area (Å²) in [4.78, 5) is 15.9. The number of aromatic nitrogens is 1. The molecule has 0 aromatic carbocycles. The highest BCUT2D eigenvalue weighted by Crippen LogP contribution is 2.13. The Morgan fingerprint density at radius 1 is 1.17 bits per heavy atom. The standard InChI is InChI=1S/C14H21NO3/c1-3-6-17-8-5-14(16)12-9-13(11-15-10-12)18-7-4-2/h9-11H,3-8H2,1-2H3. The number of ketones is 1. The number of nitrogens with zero attached hydrogens (tertiary/aromatic N) is 1. The third-order valence-electron chi connectivity index (χ3n) is 2.33. The smallest absolute Gasteiger partial charge is 0.166 e. The molecule has 4 nitrogen and oxygen atoms in total. The molecule has 1 aromatic rings. The van der Waals surface area contributed by atoms with Crippen molar-refractivity contribution in [2.24, 2.45) is 0 Å². The van der Waals surface area contributed by atoms with Crippen LogP contribution in [0.3, 0.4) is 0 Å². The van der Waals surface area contributed by atoms with Gasteiger partial charge in [-0.05, 0) is 18.9 Å². The summed E-state index contributed by atoms with van der Waals surface area (Å²) in [5.41, 5.74) is 0.587. The monoisotopic (exact) mass is 251 g/mol. The van der Waals surface area contributed by atoms with Crippen molar-refractivity contribution in [3.05, 3.63) is 24.0 Å². The molecule has 0 aliphatic heterocycles. The van der Waals surface area contributed by atoms with E-state index in [0.717, 1.165) is 12.8 Å². The molecule has 100 valence electrons. The van der Waals surface area contributed by atoms with Crippen LogP contribution in [0.1, 0.15) is 43.5 Å². The fraction of sp³-hybridized carbons (Fsp3) is 0.571. The van der Waals surface area contributed by atoms with Crippen LogP contribution in [0.15, 0.2) is 18.5 Å². The predicted molar refractivity (Wildman–Crippen MR) is 70.1 cm³/mol. The van der Waals surface area contributed by atoms with Gasteiger partial charge in [-0.25, -0.2) is 0 Å². The van der Waals surface area contributed by atoms with Gasteiger partial charge in [0.15, 0.2) is 5.78 Å². The number of pyridine rings is 1. The minimum Gasteiger partial charge on any atom is -0.492 e. The zero-order chi connectivity index (χ0) is 13.2. The van der Waals surface area contributed by atoms with Crippen molar-refractivity contribution in [3.63, 3.8) is 0 Å². The highest BCUT2D eigenvalue weighted by Gasteiger charge is 2.07. The van der Waals surface area contributed by atoms with E-state index >= 15 is 0 Å². The average Bonchev–Trinajstić information content (AvgIpc) is 2.41. The van der Waals surface area contributed by atoms with Crippen LogP contribution in [0.5, 0.6) is 5.75 Å². The van der Waals surface area contributed by atoms with E-state index < -0.39 is 0 Å². The lowest BCUT2D eigenvalue weighted by Gasteiger charge is -2.06. The Morgan fingerprint density at radius 3 is 2.67 bits per heavy atom. The van der Waals surface area contributed by atoms with Crippen molar-refractivity contribution in [2.75, 3.05) is 19.8 Å². The van der Waals surface area contributed by atoms with Gasteiger partial charge in [0, 0.05) is 24.8 Å². The van der Waals surface area contributed by atoms with Crippen molar-refractivity contribution in [1.29, 1.82) is 0 Å². The van der Waals surface area contributed by atoms with Crippen LogP contribution < -0.4 is 4.74 Å². The molecule has 0 atom stereocenters. The van der Waals surface area contributed by atoms with Gasteiger partial charge in [0.05, 0.1) is 19.4 Å². The Bertz CT molecular complexity index is 366. The minimum absolute atomic E-state index is 0.0422. The van der Waals surface area contributed by atoms with Crippen LogP contribution in [0, 0.1) is 0 Å². The van der Waals surface area contributed by atoms with Crippen LogP contribution in [-0.2, 0) is 4.74 Å². The van der Waals surface area contributed by atoms with E-state index in [2.05, 4.69) is 4.98 Å². The van der Waals surface area contributed by atoms with E-state index in [1.165, 1.54) is 0 Å². The van der Waals surface area contributed by atoms with Crippen LogP contribution >= 0.6 is 0 Å². The van der Waals surface area contributed by atoms with Crippen LogP contribution in [0.25, 0.3) is 0 Å². The van der Waals surface area contributed by atoms with Crippen molar-refractivity contribution in [2.45, 2.75) is 33.1 Å². The molecule has 0 spiro atoms. The summed E-state index contributed by atoms with van der Waals surface area (Å²) in [7, 11) is 0. The minimum atomic E-state index is 0.0422. The van der Waals surface area contributed by atoms with E-state index in [9.17, 15) is 4.79 Å². The molecule has 18 heavy (non-hydrogen) atoms. The number of carbonyl (C=O) groups excluding carboxylic acids is 1. The van der Waals surface area contributed by atoms with E-state index in [1.54, 1.807) is 18.5 Å². The largest absolute Gasteiger partial charge is 0.492 e. The quantitative estimate of drug-likeness (QED) is 0.500. The topological polar surface area (TPSA) is 48.4 Å². The molecule has 1 aromatic heterocycles. The van der Waals surface area contributed by atoms with Gasteiger partial charge in [-0.3, -0.25) is 9.78 Å². The zero-order valence-corrected chi connectivity index (χ0v) is 11.1. The molecule has 4 heteroatoms. The van der Waals surface area contributed by atoms with Gasteiger partial charge in [-0.15, -0.1) is 0 Å². The molecule has 0 radical (unpaired) electrons. The van der Waals surface area contributed by atoms with Crippen LogP contribution in [0.2, 0.25) is 0 Å². The SMILES string of the molecule is CCCOCCC(=O)c1cncc(OCCC)c1. The lowest BCUT2D eigenvalue weighted by atomic mass is 10.1. The van der Waals surface area contributed by atoms with Crippen molar-refractivity contribution < 1.29 is 14.3 Å². The molecule has 0 bridgehead atoms. The van der Waals surface area contributed by atoms with Gasteiger partial charge in [-0.2, -0.15) is 0 Å². The first-order valence-electron chi connectivity index (χ1n) is 6.46. The maximum absolute atomic E-state index is 11.9. The van der Waals surface area contributed by atoms with Crippen LogP contribution in [0.4, 0.5) is 0 Å². The number of hydrogen-bond acceptors (Lipinski definition) is 4. The van der Waals surface area contributed by atoms with Crippen molar-refractivity contribution in [3.8, 4) is 5.75 Å². The van der Waals surface area contributed by atoms with Gasteiger partial charge in [-0.1, -0.05) is 13.8 Å². The Labute approximate surface area is 108 Å². The molecule has 0 fully saturated rings. The molecule has 1 rings (SSSR count). The normalized spacial score (nSPS) is 10.3. The van der Waals surface area contributed by atoms with Gasteiger partial charge in [0.1, 0.15) is 5.75 Å². The Balaban J connectivity index is 2.46. The molecule has 0 saturated heterocycles. The molecule has 0 amide bonds. The molecule has 0 saturated carbocycles. The van der Waals surface area contributed by atoms with Gasteiger partial charge >= 0.3 is 0 Å². The maximum atomic E-state index is 11.9. The molecular weight excluding hydrogens is 230 g/mol.